The van der Waals surface area contributed by atoms with E-state index in [1.165, 1.54) is 12.4 Å². The van der Waals surface area contributed by atoms with Crippen LogP contribution in [-0.2, 0) is 0 Å². The maximum atomic E-state index is 11.8. The zero-order valence-electron chi connectivity index (χ0n) is 9.13. The minimum absolute atomic E-state index is 0.0590. The number of aromatic nitrogens is 4. The Balaban J connectivity index is 1.73. The minimum atomic E-state index is -0.490. The molecule has 1 aliphatic rings. The van der Waals surface area contributed by atoms with Gasteiger partial charge in [-0.3, -0.25) is 15.1 Å². The van der Waals surface area contributed by atoms with E-state index in [4.69, 9.17) is 16.0 Å². The molecule has 2 heterocycles. The molecular formula is C10H8ClN5O2. The Kier molecular flexibility index (Phi) is 2.67. The summed E-state index contributed by atoms with van der Waals surface area (Å²) >= 11 is 5.64. The third-order valence-electron chi connectivity index (χ3n) is 2.43. The van der Waals surface area contributed by atoms with Crippen LogP contribution in [0.2, 0.25) is 5.15 Å². The van der Waals surface area contributed by atoms with Gasteiger partial charge in [0.25, 0.3) is 5.91 Å². The standard InChI is InChI=1S/C10H8ClN5O2/c11-7-4-12-3-6(13-7)8(17)14-10-16-15-9(18-10)5-1-2-5/h3-5H,1-2H2,(H,14,16,17). The van der Waals surface area contributed by atoms with Gasteiger partial charge in [0, 0.05) is 5.92 Å². The number of carbonyl (C=O) groups is 1. The van der Waals surface area contributed by atoms with E-state index in [0.717, 1.165) is 12.8 Å². The molecule has 0 aromatic carbocycles. The molecule has 18 heavy (non-hydrogen) atoms. The van der Waals surface area contributed by atoms with Gasteiger partial charge in [-0.2, -0.15) is 0 Å². The predicted molar refractivity (Wildman–Crippen MR) is 61.3 cm³/mol. The van der Waals surface area contributed by atoms with E-state index in [1.54, 1.807) is 0 Å². The van der Waals surface area contributed by atoms with Gasteiger partial charge in [0.1, 0.15) is 10.8 Å². The van der Waals surface area contributed by atoms with E-state index in [2.05, 4.69) is 25.5 Å². The molecule has 2 aromatic rings. The number of amides is 1. The molecule has 0 spiro atoms. The van der Waals surface area contributed by atoms with Crippen LogP contribution < -0.4 is 5.32 Å². The number of nitrogens with one attached hydrogen (secondary N) is 1. The zero-order chi connectivity index (χ0) is 12.5. The van der Waals surface area contributed by atoms with Crippen LogP contribution in [0.15, 0.2) is 16.8 Å². The Morgan fingerprint density at radius 2 is 2.22 bits per heavy atom. The molecule has 1 N–H and O–H groups in total. The number of nitrogens with zero attached hydrogens (tertiary/aromatic N) is 4. The summed E-state index contributed by atoms with van der Waals surface area (Å²) in [6.07, 6.45) is 4.75. The van der Waals surface area contributed by atoms with Crippen molar-refractivity contribution < 1.29 is 9.21 Å². The summed E-state index contributed by atoms with van der Waals surface area (Å²) < 4.78 is 5.29. The van der Waals surface area contributed by atoms with Gasteiger partial charge in [-0.05, 0) is 12.8 Å². The van der Waals surface area contributed by atoms with Gasteiger partial charge in [-0.25, -0.2) is 4.98 Å². The monoisotopic (exact) mass is 265 g/mol. The Morgan fingerprint density at radius 1 is 1.39 bits per heavy atom. The molecule has 0 saturated heterocycles. The molecule has 1 saturated carbocycles. The van der Waals surface area contributed by atoms with Crippen LogP contribution in [0, 0.1) is 0 Å². The highest BCUT2D eigenvalue weighted by molar-refractivity contribution is 6.29. The Bertz CT molecular complexity index is 595. The minimum Gasteiger partial charge on any atom is -0.408 e. The maximum Gasteiger partial charge on any atom is 0.322 e. The van der Waals surface area contributed by atoms with E-state index in [9.17, 15) is 4.79 Å². The van der Waals surface area contributed by atoms with E-state index >= 15 is 0 Å². The molecule has 1 amide bonds. The second kappa shape index (κ2) is 4.34. The van der Waals surface area contributed by atoms with Crippen molar-refractivity contribution in [2.24, 2.45) is 0 Å². The van der Waals surface area contributed by atoms with Crippen LogP contribution in [0.25, 0.3) is 0 Å². The van der Waals surface area contributed by atoms with Gasteiger partial charge in [-0.15, -0.1) is 5.10 Å². The fourth-order valence-electron chi connectivity index (χ4n) is 1.39. The smallest absolute Gasteiger partial charge is 0.322 e. The van der Waals surface area contributed by atoms with Crippen LogP contribution in [-0.4, -0.2) is 26.1 Å². The molecule has 0 aliphatic heterocycles. The summed E-state index contributed by atoms with van der Waals surface area (Å²) in [4.78, 5) is 19.4. The van der Waals surface area contributed by atoms with Crippen LogP contribution in [0.5, 0.6) is 0 Å². The lowest BCUT2D eigenvalue weighted by molar-refractivity contribution is 0.101. The maximum absolute atomic E-state index is 11.8. The van der Waals surface area contributed by atoms with Crippen molar-refractivity contribution in [1.82, 2.24) is 20.2 Å². The lowest BCUT2D eigenvalue weighted by atomic mass is 10.4. The molecule has 0 bridgehead atoms. The normalized spacial score (nSPS) is 14.5. The second-order valence-corrected chi connectivity index (χ2v) is 4.29. The third kappa shape index (κ3) is 2.30. The summed E-state index contributed by atoms with van der Waals surface area (Å²) in [5, 5.41) is 10.2. The lowest BCUT2D eigenvalue weighted by Crippen LogP contribution is -2.14. The number of halogens is 1. The summed E-state index contributed by atoms with van der Waals surface area (Å²) in [7, 11) is 0. The Morgan fingerprint density at radius 3 is 2.94 bits per heavy atom. The van der Waals surface area contributed by atoms with E-state index in [0.29, 0.717) is 11.8 Å². The van der Waals surface area contributed by atoms with Gasteiger partial charge in [0.05, 0.1) is 12.4 Å². The number of anilines is 1. The van der Waals surface area contributed by atoms with Crippen molar-refractivity contribution in [3.8, 4) is 0 Å². The number of hydrogen-bond acceptors (Lipinski definition) is 6. The summed E-state index contributed by atoms with van der Waals surface area (Å²) in [5.74, 6) is 0.410. The van der Waals surface area contributed by atoms with E-state index < -0.39 is 5.91 Å². The Hall–Kier alpha value is -2.02. The Labute approximate surface area is 107 Å². The molecule has 0 unspecified atom stereocenters. The number of rotatable bonds is 3. The average Bonchev–Trinajstić information content (AvgIpc) is 3.11. The first kappa shape index (κ1) is 11.1. The fraction of sp³-hybridized carbons (Fsp3) is 0.300. The highest BCUT2D eigenvalue weighted by Crippen LogP contribution is 2.39. The van der Waals surface area contributed by atoms with Crippen LogP contribution in [0.3, 0.4) is 0 Å². The van der Waals surface area contributed by atoms with E-state index in [1.807, 2.05) is 0 Å². The summed E-state index contributed by atoms with van der Waals surface area (Å²) in [6.45, 7) is 0. The van der Waals surface area contributed by atoms with Crippen molar-refractivity contribution >= 4 is 23.5 Å². The first-order valence-electron chi connectivity index (χ1n) is 5.34. The highest BCUT2D eigenvalue weighted by atomic mass is 35.5. The fourth-order valence-corrected chi connectivity index (χ4v) is 1.54. The highest BCUT2D eigenvalue weighted by Gasteiger charge is 2.29. The molecule has 7 nitrogen and oxygen atoms in total. The van der Waals surface area contributed by atoms with Crippen LogP contribution >= 0.6 is 11.6 Å². The van der Waals surface area contributed by atoms with Crippen molar-refractivity contribution in [3.63, 3.8) is 0 Å². The van der Waals surface area contributed by atoms with Gasteiger partial charge >= 0.3 is 6.01 Å². The zero-order valence-corrected chi connectivity index (χ0v) is 9.89. The topological polar surface area (TPSA) is 93.8 Å². The molecule has 2 aromatic heterocycles. The molecule has 3 rings (SSSR count). The van der Waals surface area contributed by atoms with Crippen molar-refractivity contribution in [1.29, 1.82) is 0 Å². The van der Waals surface area contributed by atoms with E-state index in [-0.39, 0.29) is 16.9 Å². The second-order valence-electron chi connectivity index (χ2n) is 3.90. The molecule has 0 radical (unpaired) electrons. The molecule has 0 atom stereocenters. The molecule has 8 heteroatoms. The van der Waals surface area contributed by atoms with Gasteiger partial charge in [-0.1, -0.05) is 16.7 Å². The van der Waals surface area contributed by atoms with Crippen molar-refractivity contribution in [3.05, 3.63) is 29.1 Å². The molecular weight excluding hydrogens is 258 g/mol. The van der Waals surface area contributed by atoms with Gasteiger partial charge < -0.3 is 4.42 Å². The molecule has 1 aliphatic carbocycles. The average molecular weight is 266 g/mol. The van der Waals surface area contributed by atoms with Crippen LogP contribution in [0.1, 0.15) is 35.1 Å². The summed E-state index contributed by atoms with van der Waals surface area (Å²) in [6, 6.07) is 0.0590. The predicted octanol–water partition coefficient (Wildman–Crippen LogP) is 1.64. The quantitative estimate of drug-likeness (QED) is 0.907. The first-order chi connectivity index (χ1) is 8.72. The van der Waals surface area contributed by atoms with Crippen molar-refractivity contribution in [2.45, 2.75) is 18.8 Å². The number of hydrogen-bond donors (Lipinski definition) is 1. The summed E-state index contributed by atoms with van der Waals surface area (Å²) in [5.41, 5.74) is 0.0914. The van der Waals surface area contributed by atoms with Crippen LogP contribution in [0.4, 0.5) is 6.01 Å². The largest absolute Gasteiger partial charge is 0.408 e. The molecule has 92 valence electrons. The van der Waals surface area contributed by atoms with Gasteiger partial charge in [0.2, 0.25) is 5.89 Å². The van der Waals surface area contributed by atoms with Gasteiger partial charge in [0.15, 0.2) is 0 Å². The van der Waals surface area contributed by atoms with Crippen molar-refractivity contribution in [2.75, 3.05) is 5.32 Å². The first-order valence-corrected chi connectivity index (χ1v) is 5.72. The SMILES string of the molecule is O=C(Nc1nnc(C2CC2)o1)c1cncc(Cl)n1. The lowest BCUT2D eigenvalue weighted by Gasteiger charge is -1.98. The number of carbonyl (C=O) groups excluding carboxylic acids is 1. The molecule has 1 fully saturated rings. The third-order valence-corrected chi connectivity index (χ3v) is 2.61.